The Labute approximate surface area is 379 Å². The van der Waals surface area contributed by atoms with E-state index < -0.39 is 63.7 Å². The molecule has 0 fully saturated rings. The number of unbranched alkanes of at least 4 members (excludes halogenated alkanes) is 1. The smallest absolute Gasteiger partial charge is 0.493 e. The van der Waals surface area contributed by atoms with Crippen LogP contribution < -0.4 is 18.5 Å². The Morgan fingerprint density at radius 3 is 2.12 bits per heavy atom. The molecule has 0 bridgehead atoms. The summed E-state index contributed by atoms with van der Waals surface area (Å²) in [5.74, 6) is -2.19. The fourth-order valence-electron chi connectivity index (χ4n) is 5.69. The maximum Gasteiger partial charge on any atom is 0.510 e. The number of esters is 1. The van der Waals surface area contributed by atoms with Gasteiger partial charge in [0.25, 0.3) is 15.9 Å². The summed E-state index contributed by atoms with van der Waals surface area (Å²) >= 11 is 0. The zero-order valence-electron chi connectivity index (χ0n) is 36.3. The van der Waals surface area contributed by atoms with Crippen molar-refractivity contribution < 1.29 is 76.9 Å². The average molecular weight is 940 g/mol. The van der Waals surface area contributed by atoms with E-state index in [0.29, 0.717) is 9.87 Å². The van der Waals surface area contributed by atoms with Crippen LogP contribution in [0.2, 0.25) is 0 Å². The van der Waals surface area contributed by atoms with Crippen LogP contribution in [-0.4, -0.2) is 112 Å². The molecule has 66 heavy (non-hydrogen) atoms. The molecular weight excluding hydrogens is 891 g/mol. The van der Waals surface area contributed by atoms with Crippen molar-refractivity contribution in [3.8, 4) is 34.8 Å². The molecule has 0 aliphatic carbocycles. The second-order valence-corrected chi connectivity index (χ2v) is 16.2. The Morgan fingerprint density at radius 1 is 0.742 bits per heavy atom. The molecule has 5 aromatic rings. The third kappa shape index (κ3) is 14.2. The standard InChI is InChI=1S/C42H49N7O16S/c1-5-42(2,3)31-16-18-32(19-17-31)66(56,57)47(28-62-41(51)61-22-8-9-23-63-48(52)53)38-35(65-34-15-7-6-14-33(34)58-4)39(46-37(45-38)36-43-20-11-21-44-36)59-24-25-60-40(50)30-13-10-12-29(26-30)27-64-49(54)55/h6-7,10-21,26,52-55H,5,8-9,22-25,27-28H2,1-4H3. The molecule has 0 saturated carbocycles. The molecule has 3 aromatic carbocycles. The molecule has 0 aliphatic heterocycles. The Morgan fingerprint density at radius 2 is 1.44 bits per heavy atom. The number of carbonyl (C=O) groups excluding carboxylic acids is 2. The predicted octanol–water partition coefficient (Wildman–Crippen LogP) is 6.27. The normalized spacial score (nSPS) is 11.6. The SMILES string of the molecule is CCC(C)(C)c1ccc(S(=O)(=O)N(COC(=O)OCCCCON(O)O)c2nc(-c3ncccn3)nc(OCCOC(=O)c3cccc(CON(O)O)c3)c2Oc2ccccc2OC)cc1. The number of nitrogens with zero attached hydrogens (tertiary/aromatic N) is 7. The molecule has 4 N–H and O–H groups in total. The first kappa shape index (κ1) is 50.4. The lowest BCUT2D eigenvalue weighted by Gasteiger charge is -2.27. The summed E-state index contributed by atoms with van der Waals surface area (Å²) in [6.45, 7) is 3.62. The Balaban J connectivity index is 1.57. The molecule has 2 heterocycles. The van der Waals surface area contributed by atoms with Crippen LogP contribution in [0.15, 0.2) is 96.2 Å². The van der Waals surface area contributed by atoms with Crippen molar-refractivity contribution in [1.29, 1.82) is 0 Å². The summed E-state index contributed by atoms with van der Waals surface area (Å²) in [5.41, 5.74) is 1.07. The Bertz CT molecular complexity index is 2470. The van der Waals surface area contributed by atoms with Crippen LogP contribution in [0.25, 0.3) is 11.6 Å². The number of methoxy groups -OCH3 is 1. The highest BCUT2D eigenvalue weighted by atomic mass is 32.2. The van der Waals surface area contributed by atoms with E-state index in [-0.39, 0.29) is 78.3 Å². The van der Waals surface area contributed by atoms with Crippen LogP contribution in [0.5, 0.6) is 23.1 Å². The highest BCUT2D eigenvalue weighted by molar-refractivity contribution is 7.92. The molecule has 0 aliphatic rings. The maximum absolute atomic E-state index is 14.9. The lowest BCUT2D eigenvalue weighted by molar-refractivity contribution is -0.497. The molecule has 0 amide bonds. The van der Waals surface area contributed by atoms with Crippen LogP contribution in [0.4, 0.5) is 10.6 Å². The molecule has 0 saturated heterocycles. The lowest BCUT2D eigenvalue weighted by Crippen LogP contribution is -2.36. The van der Waals surface area contributed by atoms with Gasteiger partial charge in [0.2, 0.25) is 11.6 Å². The van der Waals surface area contributed by atoms with Gasteiger partial charge in [-0.05, 0) is 78.3 Å². The van der Waals surface area contributed by atoms with Crippen LogP contribution in [0.3, 0.4) is 0 Å². The molecule has 0 atom stereocenters. The van der Waals surface area contributed by atoms with Crippen molar-refractivity contribution in [3.63, 3.8) is 0 Å². The Hall–Kier alpha value is -6.61. The van der Waals surface area contributed by atoms with Crippen molar-refractivity contribution in [3.05, 3.63) is 108 Å². The molecule has 0 unspecified atom stereocenters. The number of hydrogen-bond acceptors (Lipinski definition) is 22. The molecular formula is C42H49N7O16S. The van der Waals surface area contributed by atoms with Crippen LogP contribution in [0, 0.1) is 0 Å². The molecule has 354 valence electrons. The van der Waals surface area contributed by atoms with Gasteiger partial charge in [-0.1, -0.05) is 57.2 Å². The monoisotopic (exact) mass is 939 g/mol. The van der Waals surface area contributed by atoms with E-state index >= 15 is 0 Å². The highest BCUT2D eigenvalue weighted by Crippen LogP contribution is 2.44. The molecule has 0 spiro atoms. The third-order valence-corrected chi connectivity index (χ3v) is 11.3. The minimum absolute atomic E-state index is 0.0533. The topological polar surface area (TPSA) is 284 Å². The summed E-state index contributed by atoms with van der Waals surface area (Å²) < 4.78 is 64.5. The number of ether oxygens (including phenoxy) is 6. The van der Waals surface area contributed by atoms with E-state index in [9.17, 15) is 18.0 Å². The van der Waals surface area contributed by atoms with Crippen molar-refractivity contribution in [2.24, 2.45) is 0 Å². The van der Waals surface area contributed by atoms with E-state index in [1.54, 1.807) is 36.4 Å². The zero-order chi connectivity index (χ0) is 47.7. The van der Waals surface area contributed by atoms with Gasteiger partial charge in [0, 0.05) is 12.4 Å². The van der Waals surface area contributed by atoms with Gasteiger partial charge < -0.3 is 28.4 Å². The third-order valence-electron chi connectivity index (χ3n) is 9.54. The molecule has 23 nitrogen and oxygen atoms in total. The quantitative estimate of drug-likeness (QED) is 0.0217. The number of aromatic nitrogens is 4. The van der Waals surface area contributed by atoms with Crippen molar-refractivity contribution in [1.82, 2.24) is 30.7 Å². The number of rotatable bonds is 25. The van der Waals surface area contributed by atoms with Crippen LogP contribution in [0.1, 0.15) is 61.5 Å². The van der Waals surface area contributed by atoms with Gasteiger partial charge >= 0.3 is 12.1 Å². The number of carbonyl (C=O) groups is 2. The summed E-state index contributed by atoms with van der Waals surface area (Å²) in [7, 11) is -3.37. The van der Waals surface area contributed by atoms with Gasteiger partial charge in [-0.3, -0.25) is 25.7 Å². The summed E-state index contributed by atoms with van der Waals surface area (Å²) in [6.07, 6.45) is 2.74. The molecule has 2 aromatic heterocycles. The summed E-state index contributed by atoms with van der Waals surface area (Å²) in [4.78, 5) is 52.5. The van der Waals surface area contributed by atoms with Gasteiger partial charge in [0.1, 0.15) is 13.2 Å². The highest BCUT2D eigenvalue weighted by Gasteiger charge is 2.35. The number of anilines is 1. The van der Waals surface area contributed by atoms with Gasteiger partial charge in [-0.15, -0.1) is 0 Å². The first-order valence-corrected chi connectivity index (χ1v) is 21.5. The summed E-state index contributed by atoms with van der Waals surface area (Å²) in [6, 6.07) is 20.1. The van der Waals surface area contributed by atoms with E-state index in [2.05, 4.69) is 29.6 Å². The molecule has 24 heteroatoms. The van der Waals surface area contributed by atoms with Gasteiger partial charge in [0.05, 0.1) is 48.2 Å². The van der Waals surface area contributed by atoms with Crippen molar-refractivity contribution >= 4 is 28.0 Å². The average Bonchev–Trinajstić information content (AvgIpc) is 3.31. The minimum atomic E-state index is -4.76. The first-order chi connectivity index (χ1) is 31.6. The number of sulfonamides is 1. The minimum Gasteiger partial charge on any atom is -0.493 e. The largest absolute Gasteiger partial charge is 0.510 e. The summed E-state index contributed by atoms with van der Waals surface area (Å²) in [5, 5.41) is 34.3. The lowest BCUT2D eigenvalue weighted by atomic mass is 9.82. The van der Waals surface area contributed by atoms with Crippen molar-refractivity contribution in [2.75, 3.05) is 44.6 Å². The van der Waals surface area contributed by atoms with E-state index in [4.69, 9.17) is 49.3 Å². The zero-order valence-corrected chi connectivity index (χ0v) is 37.1. The number of benzene rings is 3. The second-order valence-electron chi connectivity index (χ2n) is 14.3. The van der Waals surface area contributed by atoms with Crippen LogP contribution >= 0.6 is 0 Å². The fraction of sp³-hybridized carbons (Fsp3) is 0.333. The maximum atomic E-state index is 14.9. The van der Waals surface area contributed by atoms with Gasteiger partial charge in [-0.25, -0.2) is 42.1 Å². The predicted molar refractivity (Wildman–Crippen MR) is 226 cm³/mol. The van der Waals surface area contributed by atoms with Gasteiger partial charge in [-0.2, -0.15) is 4.98 Å². The molecule has 0 radical (unpaired) electrons. The van der Waals surface area contributed by atoms with Gasteiger partial charge in [0.15, 0.2) is 29.9 Å². The van der Waals surface area contributed by atoms with E-state index in [1.165, 1.54) is 62.0 Å². The Kier molecular flexibility index (Phi) is 18.4. The fourth-order valence-corrected chi connectivity index (χ4v) is 6.97. The second kappa shape index (κ2) is 24.1. The van der Waals surface area contributed by atoms with E-state index in [1.807, 2.05) is 20.8 Å². The van der Waals surface area contributed by atoms with E-state index in [0.717, 1.165) is 12.0 Å². The molecule has 5 rings (SSSR count). The van der Waals surface area contributed by atoms with Crippen molar-refractivity contribution in [2.45, 2.75) is 57.0 Å². The number of hydrogen-bond donors (Lipinski definition) is 4. The first-order valence-electron chi connectivity index (χ1n) is 20.1. The van der Waals surface area contributed by atoms with Crippen LogP contribution in [-0.2, 0) is 45.9 Å². The number of para-hydroxylation sites is 2.